The van der Waals surface area contributed by atoms with E-state index in [2.05, 4.69) is 33.9 Å². The molecule has 1 heterocycles. The van der Waals surface area contributed by atoms with Gasteiger partial charge >= 0.3 is 6.18 Å². The highest BCUT2D eigenvalue weighted by atomic mass is 19.4. The van der Waals surface area contributed by atoms with Crippen LogP contribution in [0.1, 0.15) is 60.3 Å². The van der Waals surface area contributed by atoms with Crippen molar-refractivity contribution in [2.45, 2.75) is 50.7 Å². The maximum atomic E-state index is 13.7. The first kappa shape index (κ1) is 30.7. The highest BCUT2D eigenvalue weighted by molar-refractivity contribution is 6.04. The molecule has 0 atom stereocenters. The summed E-state index contributed by atoms with van der Waals surface area (Å²) < 4.78 is 42.0. The highest BCUT2D eigenvalue weighted by Crippen LogP contribution is 2.40. The van der Waals surface area contributed by atoms with Gasteiger partial charge in [-0.25, -0.2) is 4.68 Å². The summed E-state index contributed by atoms with van der Waals surface area (Å²) in [5, 5.41) is 19.6. The van der Waals surface area contributed by atoms with Gasteiger partial charge in [0, 0.05) is 29.0 Å². The van der Waals surface area contributed by atoms with E-state index in [0.717, 1.165) is 45.5 Å². The predicted molar refractivity (Wildman–Crippen MR) is 174 cm³/mol. The van der Waals surface area contributed by atoms with Gasteiger partial charge in [-0.1, -0.05) is 86.3 Å². The average Bonchev–Trinajstić information content (AvgIpc) is 3.39. The Kier molecular flexibility index (Phi) is 8.88. The van der Waals surface area contributed by atoms with Gasteiger partial charge in [-0.15, -0.1) is 0 Å². The minimum atomic E-state index is -4.77. The van der Waals surface area contributed by atoms with Crippen molar-refractivity contribution in [1.29, 1.82) is 5.26 Å². The van der Waals surface area contributed by atoms with Crippen LogP contribution in [0.5, 0.6) is 0 Å². The van der Waals surface area contributed by atoms with Crippen LogP contribution in [-0.4, -0.2) is 21.7 Å². The van der Waals surface area contributed by atoms with Gasteiger partial charge in [0.15, 0.2) is 5.69 Å². The Morgan fingerprint density at radius 3 is 2.28 bits per heavy atom. The summed E-state index contributed by atoms with van der Waals surface area (Å²) in [6.07, 6.45) is 2.39. The number of carbonyl (C=O) groups is 1. The molecule has 0 saturated heterocycles. The Hall–Kier alpha value is -5.36. The summed E-state index contributed by atoms with van der Waals surface area (Å²) in [5.41, 5.74) is 4.21. The lowest BCUT2D eigenvalue weighted by Crippen LogP contribution is -2.19. The van der Waals surface area contributed by atoms with Crippen molar-refractivity contribution in [3.05, 3.63) is 120 Å². The van der Waals surface area contributed by atoms with Gasteiger partial charge < -0.3 is 10.6 Å². The Morgan fingerprint density at radius 2 is 1.54 bits per heavy atom. The first-order chi connectivity index (χ1) is 22.3. The number of anilines is 2. The molecule has 6 nitrogen and oxygen atoms in total. The number of hydrogen-bond donors (Lipinski definition) is 2. The van der Waals surface area contributed by atoms with Crippen LogP contribution in [0.2, 0.25) is 0 Å². The van der Waals surface area contributed by atoms with Crippen LogP contribution in [0.3, 0.4) is 0 Å². The lowest BCUT2D eigenvalue weighted by Gasteiger charge is -2.23. The van der Waals surface area contributed by atoms with Crippen molar-refractivity contribution >= 4 is 17.3 Å². The summed E-state index contributed by atoms with van der Waals surface area (Å²) in [6.45, 7) is 0. The van der Waals surface area contributed by atoms with Crippen LogP contribution in [0, 0.1) is 11.3 Å². The van der Waals surface area contributed by atoms with Crippen LogP contribution in [0.15, 0.2) is 103 Å². The maximum Gasteiger partial charge on any atom is 0.435 e. The smallest absolute Gasteiger partial charge is 0.382 e. The highest BCUT2D eigenvalue weighted by Gasteiger charge is 2.36. The number of alkyl halides is 3. The van der Waals surface area contributed by atoms with Gasteiger partial charge in [-0.2, -0.15) is 23.5 Å². The van der Waals surface area contributed by atoms with Crippen molar-refractivity contribution in [3.8, 4) is 34.0 Å². The Bertz CT molecular complexity index is 1880. The fraction of sp³-hybridized carbons (Fsp3) is 0.216. The fourth-order valence-electron chi connectivity index (χ4n) is 6.02. The largest absolute Gasteiger partial charge is 0.435 e. The zero-order chi connectivity index (χ0) is 32.1. The molecule has 46 heavy (non-hydrogen) atoms. The van der Waals surface area contributed by atoms with Crippen LogP contribution in [0.25, 0.3) is 27.9 Å². The SMILES string of the molecule is N#Cc1cccc(-n2nc(C(F)(F)F)cc2C(=O)Nc2cccc(-c3cccc(NC4CCCCCC4)c3-c3ccccc3)c2)c1. The summed E-state index contributed by atoms with van der Waals surface area (Å²) >= 11 is 0. The molecule has 1 amide bonds. The molecule has 1 aromatic heterocycles. The number of carbonyl (C=O) groups excluding carboxylic acids is 1. The molecule has 0 bridgehead atoms. The molecule has 1 saturated carbocycles. The number of halogens is 3. The third kappa shape index (κ3) is 6.81. The first-order valence-electron chi connectivity index (χ1n) is 15.3. The minimum absolute atomic E-state index is 0.166. The Morgan fingerprint density at radius 1 is 0.826 bits per heavy atom. The standard InChI is InChI=1S/C37H32F3N5O/c38-37(39,40)34-23-33(45(44-34)30-18-8-11-25(21-30)24-41)36(46)43-29-17-9-14-27(22-29)31-19-10-20-32(35(31)26-12-4-3-5-13-26)42-28-15-6-1-2-7-16-28/h3-5,8-14,17-23,28,42H,1-2,6-7,15-16H2,(H,43,46). The molecule has 0 unspecified atom stereocenters. The number of nitrogens with zero attached hydrogens (tertiary/aromatic N) is 3. The van der Waals surface area contributed by atoms with Crippen molar-refractivity contribution in [2.24, 2.45) is 0 Å². The normalized spacial score (nSPS) is 13.9. The molecule has 9 heteroatoms. The lowest BCUT2D eigenvalue weighted by molar-refractivity contribution is -0.141. The molecule has 232 valence electrons. The number of amides is 1. The van der Waals surface area contributed by atoms with E-state index in [4.69, 9.17) is 0 Å². The van der Waals surface area contributed by atoms with Gasteiger partial charge in [0.1, 0.15) is 5.69 Å². The van der Waals surface area contributed by atoms with E-state index in [-0.39, 0.29) is 16.9 Å². The molecule has 6 rings (SSSR count). The molecule has 0 radical (unpaired) electrons. The first-order valence-corrected chi connectivity index (χ1v) is 15.3. The predicted octanol–water partition coefficient (Wildman–Crippen LogP) is 9.48. The topological polar surface area (TPSA) is 82.7 Å². The maximum absolute atomic E-state index is 13.7. The van der Waals surface area contributed by atoms with E-state index in [1.807, 2.05) is 48.5 Å². The number of hydrogen-bond acceptors (Lipinski definition) is 4. The number of benzene rings is 4. The zero-order valence-electron chi connectivity index (χ0n) is 25.0. The second-order valence-electron chi connectivity index (χ2n) is 11.4. The summed E-state index contributed by atoms with van der Waals surface area (Å²) in [5.74, 6) is -0.769. The van der Waals surface area contributed by atoms with Gasteiger partial charge in [0.2, 0.25) is 0 Å². The summed E-state index contributed by atoms with van der Waals surface area (Å²) in [4.78, 5) is 13.5. The molecular weight excluding hydrogens is 587 g/mol. The van der Waals surface area contributed by atoms with Crippen LogP contribution < -0.4 is 10.6 Å². The van der Waals surface area contributed by atoms with E-state index in [9.17, 15) is 23.2 Å². The molecule has 1 aliphatic rings. The average molecular weight is 620 g/mol. The van der Waals surface area contributed by atoms with Crippen LogP contribution >= 0.6 is 0 Å². The van der Waals surface area contributed by atoms with Crippen LogP contribution in [0.4, 0.5) is 24.5 Å². The molecule has 0 aliphatic heterocycles. The monoisotopic (exact) mass is 619 g/mol. The Balaban J connectivity index is 1.35. The van der Waals surface area contributed by atoms with E-state index < -0.39 is 17.8 Å². The molecule has 0 spiro atoms. The molecule has 5 aromatic rings. The quantitative estimate of drug-likeness (QED) is 0.178. The fourth-order valence-corrected chi connectivity index (χ4v) is 6.02. The molecule has 2 N–H and O–H groups in total. The van der Waals surface area contributed by atoms with Gasteiger partial charge in [0.05, 0.1) is 17.3 Å². The zero-order valence-corrected chi connectivity index (χ0v) is 25.0. The van der Waals surface area contributed by atoms with Crippen molar-refractivity contribution in [2.75, 3.05) is 10.6 Å². The number of aromatic nitrogens is 2. The number of nitriles is 1. The minimum Gasteiger partial charge on any atom is -0.382 e. The van der Waals surface area contributed by atoms with E-state index >= 15 is 0 Å². The molecule has 1 fully saturated rings. The third-order valence-electron chi connectivity index (χ3n) is 8.23. The second-order valence-corrected chi connectivity index (χ2v) is 11.4. The number of nitrogens with one attached hydrogen (secondary N) is 2. The third-order valence-corrected chi connectivity index (χ3v) is 8.23. The lowest BCUT2D eigenvalue weighted by atomic mass is 9.92. The summed E-state index contributed by atoms with van der Waals surface area (Å²) in [6, 6.07) is 32.5. The van der Waals surface area contributed by atoms with E-state index in [1.165, 1.54) is 49.9 Å². The van der Waals surface area contributed by atoms with Gasteiger partial charge in [-0.3, -0.25) is 4.79 Å². The summed E-state index contributed by atoms with van der Waals surface area (Å²) in [7, 11) is 0. The molecular formula is C37H32F3N5O. The van der Waals surface area contributed by atoms with Crippen molar-refractivity contribution in [1.82, 2.24) is 9.78 Å². The van der Waals surface area contributed by atoms with E-state index in [1.54, 1.807) is 12.1 Å². The van der Waals surface area contributed by atoms with Gasteiger partial charge in [0.25, 0.3) is 5.91 Å². The molecule has 4 aromatic carbocycles. The van der Waals surface area contributed by atoms with E-state index in [0.29, 0.717) is 17.8 Å². The van der Waals surface area contributed by atoms with Crippen molar-refractivity contribution < 1.29 is 18.0 Å². The van der Waals surface area contributed by atoms with Crippen molar-refractivity contribution in [3.63, 3.8) is 0 Å². The van der Waals surface area contributed by atoms with Gasteiger partial charge in [-0.05, 0) is 65.9 Å². The second kappa shape index (κ2) is 13.3. The Labute approximate surface area is 265 Å². The number of rotatable bonds is 7. The molecule has 1 aliphatic carbocycles. The van der Waals surface area contributed by atoms with Crippen LogP contribution in [-0.2, 0) is 6.18 Å².